The van der Waals surface area contributed by atoms with E-state index in [0.29, 0.717) is 0 Å². The number of nitrogen functional groups attached to an aromatic ring is 1. The molecule has 0 aliphatic carbocycles. The van der Waals surface area contributed by atoms with Crippen LogP contribution in [0, 0.1) is 0 Å². The van der Waals surface area contributed by atoms with Crippen molar-refractivity contribution in [1.29, 1.82) is 0 Å². The topological polar surface area (TPSA) is 260 Å². The summed E-state index contributed by atoms with van der Waals surface area (Å²) in [5, 5.41) is 18.2. The lowest BCUT2D eigenvalue weighted by atomic mass is 9.99. The van der Waals surface area contributed by atoms with E-state index in [2.05, 4.69) is 35.7 Å². The molecule has 1 fully saturated rings. The van der Waals surface area contributed by atoms with Gasteiger partial charge in [-0.1, -0.05) is 5.16 Å². The Balaban J connectivity index is 1.80. The zero-order valence-electron chi connectivity index (χ0n) is 16.6. The van der Waals surface area contributed by atoms with Gasteiger partial charge in [0.2, 0.25) is 0 Å². The summed E-state index contributed by atoms with van der Waals surface area (Å²) in [6.45, 7) is -0.953. The second-order valence-electron chi connectivity index (χ2n) is 6.26. The van der Waals surface area contributed by atoms with Gasteiger partial charge in [-0.15, -0.1) is 16.4 Å². The molecule has 3 rings (SSSR count). The van der Waals surface area contributed by atoms with Crippen LogP contribution in [0.5, 0.6) is 0 Å². The summed E-state index contributed by atoms with van der Waals surface area (Å²) < 4.78 is 38.0. The summed E-state index contributed by atoms with van der Waals surface area (Å²) in [4.78, 5) is 45.0. The van der Waals surface area contributed by atoms with Gasteiger partial charge in [-0.25, -0.2) is 18.8 Å². The fourth-order valence-electron chi connectivity index (χ4n) is 2.63. The summed E-state index contributed by atoms with van der Waals surface area (Å²) in [6, 6.07) is -2.97. The molecule has 0 radical (unpaired) electrons. The smallest absolute Gasteiger partial charge is 0.404 e. The molecule has 20 heteroatoms. The van der Waals surface area contributed by atoms with Gasteiger partial charge in [-0.05, 0) is 10.4 Å². The number of hydrogen-bond donors (Lipinski definition) is 4. The van der Waals surface area contributed by atoms with Gasteiger partial charge in [0.25, 0.3) is 11.8 Å². The number of oxime groups is 1. The van der Waals surface area contributed by atoms with Crippen molar-refractivity contribution in [3.63, 3.8) is 0 Å². The lowest BCUT2D eigenvalue weighted by molar-refractivity contribution is -0.146. The van der Waals surface area contributed by atoms with Crippen molar-refractivity contribution >= 4 is 50.4 Å². The first-order chi connectivity index (χ1) is 15.5. The molecule has 1 aliphatic rings. The molecule has 18 nitrogen and oxygen atoms in total. The molecule has 0 saturated carbocycles. The number of carbonyl (C=O) groups is 3. The highest BCUT2D eigenvalue weighted by Crippen LogP contribution is 2.24. The zero-order valence-corrected chi connectivity index (χ0v) is 18.2. The van der Waals surface area contributed by atoms with Gasteiger partial charge in [0.1, 0.15) is 24.4 Å². The minimum absolute atomic E-state index is 0.00515. The first-order valence-corrected chi connectivity index (χ1v) is 10.9. The van der Waals surface area contributed by atoms with E-state index in [1.807, 2.05) is 0 Å². The largest absolute Gasteiger partial charge is 0.447 e. The SMILES string of the molecule is Cn1nnnc1CO/N=C(\C(=O)N[C@@H]1C(=O)N(S(=O)(=O)O)[C@@H]1COC(N)=O)c1csc(N)n1. The highest BCUT2D eigenvalue weighted by Gasteiger charge is 2.54. The Bertz CT molecular complexity index is 1210. The predicted molar refractivity (Wildman–Crippen MR) is 106 cm³/mol. The number of hydrogen-bond acceptors (Lipinski definition) is 14. The summed E-state index contributed by atoms with van der Waals surface area (Å²) in [7, 11) is -3.45. The van der Waals surface area contributed by atoms with Crippen LogP contribution in [-0.2, 0) is 43.1 Å². The Morgan fingerprint density at radius 1 is 1.42 bits per heavy atom. The maximum Gasteiger partial charge on any atom is 0.404 e. The first-order valence-electron chi connectivity index (χ1n) is 8.65. The minimum Gasteiger partial charge on any atom is -0.447 e. The molecule has 3 amide bonds. The van der Waals surface area contributed by atoms with Gasteiger partial charge in [-0.2, -0.15) is 8.42 Å². The monoisotopic (exact) mass is 504 g/mol. The number of thiazole rings is 1. The van der Waals surface area contributed by atoms with Crippen LogP contribution in [0.3, 0.4) is 0 Å². The number of anilines is 1. The van der Waals surface area contributed by atoms with E-state index in [0.717, 1.165) is 11.3 Å². The van der Waals surface area contributed by atoms with Gasteiger partial charge in [0, 0.05) is 12.4 Å². The molecule has 0 spiro atoms. The average Bonchev–Trinajstić information content (AvgIpc) is 3.32. The number of nitrogens with zero attached hydrogens (tertiary/aromatic N) is 7. The number of amides is 3. The third-order valence-corrected chi connectivity index (χ3v) is 5.76. The van der Waals surface area contributed by atoms with Crippen molar-refractivity contribution in [2.45, 2.75) is 18.7 Å². The van der Waals surface area contributed by atoms with Gasteiger partial charge in [-0.3, -0.25) is 14.1 Å². The fourth-order valence-corrected chi connectivity index (χ4v) is 4.04. The number of nitrogens with one attached hydrogen (secondary N) is 1. The van der Waals surface area contributed by atoms with E-state index in [1.165, 1.54) is 10.1 Å². The minimum atomic E-state index is -5.00. The summed E-state index contributed by atoms with van der Waals surface area (Å²) >= 11 is 0.994. The molecule has 2 atom stereocenters. The molecule has 33 heavy (non-hydrogen) atoms. The molecular formula is C13H16N10O8S2. The maximum absolute atomic E-state index is 12.8. The van der Waals surface area contributed by atoms with E-state index in [1.54, 1.807) is 7.05 Å². The van der Waals surface area contributed by atoms with E-state index in [4.69, 9.17) is 16.3 Å². The number of β-lactam (4-membered cyclic amide) rings is 1. The van der Waals surface area contributed by atoms with Crippen molar-refractivity contribution in [2.24, 2.45) is 17.9 Å². The molecule has 3 heterocycles. The molecule has 0 aromatic carbocycles. The molecule has 2 aromatic rings. The number of aryl methyl sites for hydroxylation is 1. The van der Waals surface area contributed by atoms with Crippen LogP contribution in [0.4, 0.5) is 9.93 Å². The van der Waals surface area contributed by atoms with E-state index < -0.39 is 52.6 Å². The summed E-state index contributed by atoms with van der Waals surface area (Å²) in [6.07, 6.45) is -1.26. The van der Waals surface area contributed by atoms with E-state index >= 15 is 0 Å². The Morgan fingerprint density at radius 3 is 2.70 bits per heavy atom. The van der Waals surface area contributed by atoms with Crippen molar-refractivity contribution in [3.05, 3.63) is 16.9 Å². The van der Waals surface area contributed by atoms with Crippen LogP contribution in [0.25, 0.3) is 0 Å². The van der Waals surface area contributed by atoms with Crippen LogP contribution >= 0.6 is 11.3 Å². The molecule has 2 aromatic heterocycles. The second kappa shape index (κ2) is 9.30. The van der Waals surface area contributed by atoms with Gasteiger partial charge < -0.3 is 26.4 Å². The van der Waals surface area contributed by atoms with Gasteiger partial charge in [0.15, 0.2) is 23.3 Å². The van der Waals surface area contributed by atoms with Crippen LogP contribution in [0.15, 0.2) is 10.5 Å². The van der Waals surface area contributed by atoms with Crippen LogP contribution < -0.4 is 16.8 Å². The Kier molecular flexibility index (Phi) is 6.69. The van der Waals surface area contributed by atoms with Crippen LogP contribution in [-0.4, -0.2) is 84.8 Å². The summed E-state index contributed by atoms with van der Waals surface area (Å²) in [5.74, 6) is -1.92. The van der Waals surface area contributed by atoms with Crippen molar-refractivity contribution in [3.8, 4) is 0 Å². The van der Waals surface area contributed by atoms with Gasteiger partial charge in [0.05, 0.1) is 0 Å². The number of ether oxygens (including phenoxy) is 1. The number of carbonyl (C=O) groups excluding carboxylic acids is 3. The Hall–Kier alpha value is -3.91. The number of nitrogens with two attached hydrogens (primary N) is 2. The number of rotatable bonds is 9. The van der Waals surface area contributed by atoms with E-state index in [9.17, 15) is 27.4 Å². The van der Waals surface area contributed by atoms with Crippen molar-refractivity contribution in [1.82, 2.24) is 34.8 Å². The quantitative estimate of drug-likeness (QED) is 0.113. The highest BCUT2D eigenvalue weighted by atomic mass is 32.2. The second-order valence-corrected chi connectivity index (χ2v) is 8.44. The number of primary amides is 1. The lowest BCUT2D eigenvalue weighted by Crippen LogP contribution is -2.73. The van der Waals surface area contributed by atoms with Crippen molar-refractivity contribution in [2.75, 3.05) is 12.3 Å². The van der Waals surface area contributed by atoms with Gasteiger partial charge >= 0.3 is 16.4 Å². The first kappa shape index (κ1) is 23.7. The Labute approximate surface area is 188 Å². The zero-order chi connectivity index (χ0) is 24.3. The molecule has 178 valence electrons. The molecule has 1 aliphatic heterocycles. The molecule has 1 saturated heterocycles. The highest BCUT2D eigenvalue weighted by molar-refractivity contribution is 7.84. The average molecular weight is 504 g/mol. The van der Waals surface area contributed by atoms with Crippen LogP contribution in [0.2, 0.25) is 0 Å². The maximum atomic E-state index is 12.8. The molecule has 0 unspecified atom stereocenters. The standard InChI is InChI=1S/C13H16N10O8S2/c1-22-7(18-20-21-22)3-31-19-8(5-4-32-12(14)16-5)10(24)17-9-6(2-30-13(15)26)23(11(9)25)33(27,28)29/h4,6,9H,2-3H2,1H3,(H2,14,16)(H2,15,26)(H,17,24)(H,27,28,29)/b19-8-/t6-,9+/m1/s1. The van der Waals surface area contributed by atoms with Crippen molar-refractivity contribution < 1.29 is 36.9 Å². The fraction of sp³-hybridized carbons (Fsp3) is 0.385. The predicted octanol–water partition coefficient (Wildman–Crippen LogP) is -3.24. The molecule has 6 N–H and O–H groups in total. The lowest BCUT2D eigenvalue weighted by Gasteiger charge is -2.43. The molecule has 0 bridgehead atoms. The van der Waals surface area contributed by atoms with E-state index in [-0.39, 0.29) is 27.6 Å². The number of tetrazole rings is 1. The third-order valence-electron chi connectivity index (χ3n) is 4.14. The molecular weight excluding hydrogens is 488 g/mol. The normalized spacial score (nSPS) is 18.5. The summed E-state index contributed by atoms with van der Waals surface area (Å²) in [5.41, 5.74) is 10.0. The Morgan fingerprint density at radius 2 is 2.15 bits per heavy atom. The number of aromatic nitrogens is 5. The van der Waals surface area contributed by atoms with Crippen LogP contribution in [0.1, 0.15) is 11.5 Å². The third kappa shape index (κ3) is 5.30.